The molecule has 3 aliphatic rings. The second-order valence-electron chi connectivity index (χ2n) is 12.0. The topological polar surface area (TPSA) is 45.9 Å². The summed E-state index contributed by atoms with van der Waals surface area (Å²) in [5.41, 5.74) is 4.39. The number of ether oxygens (including phenoxy) is 1. The van der Waals surface area contributed by atoms with E-state index < -0.39 is 19.7 Å². The van der Waals surface area contributed by atoms with Crippen LogP contribution < -0.4 is 14.9 Å². The fourth-order valence-corrected chi connectivity index (χ4v) is 7.33. The molecule has 39 heavy (non-hydrogen) atoms. The minimum absolute atomic E-state index is 0.187. The molecule has 9 heteroatoms. The van der Waals surface area contributed by atoms with Gasteiger partial charge >= 0.3 is 0 Å². The van der Waals surface area contributed by atoms with Crippen LogP contribution >= 0.6 is 0 Å². The second-order valence-corrected chi connectivity index (χ2v) is 17.0. The lowest BCUT2D eigenvalue weighted by atomic mass is 9.99. The lowest BCUT2D eigenvalue weighted by Crippen LogP contribution is -2.57. The van der Waals surface area contributed by atoms with Gasteiger partial charge < -0.3 is 9.30 Å². The summed E-state index contributed by atoms with van der Waals surface area (Å²) < 4.78 is 38.2. The first-order valence-electron chi connectivity index (χ1n) is 13.6. The van der Waals surface area contributed by atoms with Crippen LogP contribution in [0.15, 0.2) is 53.4 Å². The van der Waals surface area contributed by atoms with Gasteiger partial charge in [-0.05, 0) is 74.1 Å². The zero-order valence-corrected chi connectivity index (χ0v) is 24.3. The number of methoxy groups -OCH3 is 1. The molecule has 0 radical (unpaired) electrons. The number of halogens is 2. The lowest BCUT2D eigenvalue weighted by Gasteiger charge is -2.47. The third-order valence-corrected chi connectivity index (χ3v) is 9.84. The number of aliphatic imine (C=N–C) groups is 1. The smallest absolute Gasteiger partial charge is 0.146 e. The van der Waals surface area contributed by atoms with Crippen molar-refractivity contribution >= 4 is 30.9 Å². The van der Waals surface area contributed by atoms with Gasteiger partial charge in [0.2, 0.25) is 0 Å². The number of hydrazine groups is 1. The normalized spacial score (nSPS) is 19.4. The quantitative estimate of drug-likeness (QED) is 0.376. The molecule has 3 aromatic rings. The first-order chi connectivity index (χ1) is 18.6. The van der Waals surface area contributed by atoms with Crippen LogP contribution in [0.25, 0.3) is 11.8 Å². The summed E-state index contributed by atoms with van der Waals surface area (Å²) in [6.07, 6.45) is 9.71. The predicted molar refractivity (Wildman–Crippen MR) is 155 cm³/mol. The zero-order chi connectivity index (χ0) is 27.5. The number of fused-ring (bicyclic) bond motifs is 1. The Balaban J connectivity index is 1.36. The summed E-state index contributed by atoms with van der Waals surface area (Å²) in [6, 6.07) is 9.19. The Labute approximate surface area is 229 Å². The van der Waals surface area contributed by atoms with Gasteiger partial charge in [-0.2, -0.15) is 0 Å². The number of rotatable bonds is 5. The highest BCUT2D eigenvalue weighted by Gasteiger charge is 2.50. The van der Waals surface area contributed by atoms with Crippen LogP contribution in [0, 0.1) is 18.6 Å². The van der Waals surface area contributed by atoms with Crippen molar-refractivity contribution in [3.63, 3.8) is 0 Å². The molecular formula is C30H35F2N5OSi. The minimum Gasteiger partial charge on any atom is -0.495 e. The predicted octanol–water partition coefficient (Wildman–Crippen LogP) is 5.86. The molecule has 1 saturated heterocycles. The number of hydrogen-bond acceptors (Lipinski definition) is 5. The molecule has 2 aliphatic heterocycles. The van der Waals surface area contributed by atoms with Crippen LogP contribution in [0.3, 0.4) is 0 Å². The molecule has 6 nitrogen and oxygen atoms in total. The van der Waals surface area contributed by atoms with E-state index in [9.17, 15) is 0 Å². The third kappa shape index (κ3) is 4.77. The first-order valence-corrected chi connectivity index (χ1v) is 17.1. The number of anilines is 1. The largest absolute Gasteiger partial charge is 0.495 e. The van der Waals surface area contributed by atoms with Gasteiger partial charge in [-0.3, -0.25) is 15.0 Å². The van der Waals surface area contributed by atoms with Crippen molar-refractivity contribution in [3.05, 3.63) is 71.3 Å². The number of imidazole rings is 1. The molecule has 1 saturated carbocycles. The highest BCUT2D eigenvalue weighted by molar-refractivity contribution is 6.88. The van der Waals surface area contributed by atoms with E-state index >= 15 is 8.78 Å². The summed E-state index contributed by atoms with van der Waals surface area (Å²) in [6.45, 7) is 9.27. The van der Waals surface area contributed by atoms with Gasteiger partial charge in [0.25, 0.3) is 0 Å². The van der Waals surface area contributed by atoms with Gasteiger partial charge in [-0.15, -0.1) is 0 Å². The van der Waals surface area contributed by atoms with E-state index in [1.165, 1.54) is 12.1 Å². The van der Waals surface area contributed by atoms with Crippen LogP contribution in [-0.2, 0) is 0 Å². The first kappa shape index (κ1) is 25.8. The maximum Gasteiger partial charge on any atom is 0.146 e. The molecule has 0 N–H and O–H groups in total. The van der Waals surface area contributed by atoms with E-state index in [0.717, 1.165) is 66.3 Å². The Morgan fingerprint density at radius 2 is 1.79 bits per heavy atom. The highest BCUT2D eigenvalue weighted by atomic mass is 28.3. The molecule has 3 heterocycles. The van der Waals surface area contributed by atoms with Crippen LogP contribution in [-0.4, -0.2) is 54.2 Å². The molecule has 0 atom stereocenters. The Kier molecular flexibility index (Phi) is 6.17. The van der Waals surface area contributed by atoms with Crippen LogP contribution in [0.4, 0.5) is 14.5 Å². The number of aryl methyl sites for hydroxylation is 1. The van der Waals surface area contributed by atoms with Crippen molar-refractivity contribution in [2.45, 2.75) is 57.8 Å². The zero-order valence-electron chi connectivity index (χ0n) is 23.3. The third-order valence-electron chi connectivity index (χ3n) is 7.86. The van der Waals surface area contributed by atoms with Gasteiger partial charge in [-0.1, -0.05) is 25.7 Å². The Hall–Kier alpha value is -3.46. The molecule has 204 valence electrons. The molecular weight excluding hydrogens is 512 g/mol. The summed E-state index contributed by atoms with van der Waals surface area (Å²) >= 11 is 0. The fraction of sp³-hybridized carbons (Fsp3) is 0.400. The molecule has 6 rings (SSSR count). The van der Waals surface area contributed by atoms with E-state index in [1.54, 1.807) is 13.4 Å². The molecule has 1 spiro atoms. The Morgan fingerprint density at radius 3 is 2.41 bits per heavy atom. The summed E-state index contributed by atoms with van der Waals surface area (Å²) in [4.78, 5) is 9.55. The standard InChI is InChI=1S/C30H35F2N5OSi/c1-20-17-35(19-33-20)26-9-8-21(14-27(26)38-2)13-22-7-6-12-36-29(22)34-30(10-11-30)18-37(36)23-15-24(31)28(25(32)16-23)39(3,4)5/h8-9,13-17,19H,6-7,10-12,18H2,1-5H3/b22-13+. The van der Waals surface area contributed by atoms with Crippen LogP contribution in [0.1, 0.15) is 36.9 Å². The van der Waals surface area contributed by atoms with Crippen molar-refractivity contribution in [1.82, 2.24) is 14.6 Å². The maximum atomic E-state index is 15.3. The number of aromatic nitrogens is 2. The summed E-state index contributed by atoms with van der Waals surface area (Å²) in [5.74, 6) is 0.791. The van der Waals surface area contributed by atoms with Crippen molar-refractivity contribution < 1.29 is 13.5 Å². The van der Waals surface area contributed by atoms with Crippen molar-refractivity contribution in [2.75, 3.05) is 25.2 Å². The Morgan fingerprint density at radius 1 is 1.05 bits per heavy atom. The van der Waals surface area contributed by atoms with Gasteiger partial charge in [0.15, 0.2) is 0 Å². The number of hydrogen-bond donors (Lipinski definition) is 0. The minimum atomic E-state index is -2.16. The molecule has 0 amide bonds. The Bertz CT molecular complexity index is 1480. The number of benzene rings is 2. The fourth-order valence-electron chi connectivity index (χ4n) is 5.75. The SMILES string of the molecule is COc1cc(/C=C2\CCCN3C2=NC2(CC2)CN3c2cc(F)c([Si](C)(C)C)c(F)c2)ccc1-n1cnc(C)c1. The molecule has 0 bridgehead atoms. The molecule has 2 aromatic carbocycles. The van der Waals surface area contributed by atoms with Crippen molar-refractivity contribution in [1.29, 1.82) is 0 Å². The van der Waals surface area contributed by atoms with E-state index in [-0.39, 0.29) is 10.7 Å². The van der Waals surface area contributed by atoms with Crippen molar-refractivity contribution in [3.8, 4) is 11.4 Å². The van der Waals surface area contributed by atoms with E-state index in [0.29, 0.717) is 12.2 Å². The molecule has 2 fully saturated rings. The number of amidine groups is 1. The summed E-state index contributed by atoms with van der Waals surface area (Å²) in [5, 5.41) is 4.45. The maximum absolute atomic E-state index is 15.3. The number of piperidine rings is 1. The van der Waals surface area contributed by atoms with Gasteiger partial charge in [0.1, 0.15) is 23.2 Å². The average Bonchev–Trinajstić information content (AvgIpc) is 3.48. The second kappa shape index (κ2) is 9.33. The average molecular weight is 548 g/mol. The van der Waals surface area contributed by atoms with Gasteiger partial charge in [-0.25, -0.2) is 13.8 Å². The van der Waals surface area contributed by atoms with Crippen molar-refractivity contribution in [2.24, 2.45) is 4.99 Å². The van der Waals surface area contributed by atoms with Gasteiger partial charge in [0.05, 0.1) is 50.7 Å². The number of nitrogens with zero attached hydrogens (tertiary/aromatic N) is 5. The van der Waals surface area contributed by atoms with Crippen LogP contribution in [0.5, 0.6) is 5.75 Å². The molecule has 1 aliphatic carbocycles. The monoisotopic (exact) mass is 547 g/mol. The highest BCUT2D eigenvalue weighted by Crippen LogP contribution is 2.46. The van der Waals surface area contributed by atoms with E-state index in [4.69, 9.17) is 9.73 Å². The van der Waals surface area contributed by atoms with E-state index in [1.807, 2.05) is 49.5 Å². The summed E-state index contributed by atoms with van der Waals surface area (Å²) in [7, 11) is -0.488. The molecule has 1 aromatic heterocycles. The van der Waals surface area contributed by atoms with Crippen LogP contribution in [0.2, 0.25) is 19.6 Å². The lowest BCUT2D eigenvalue weighted by molar-refractivity contribution is 0.321. The van der Waals surface area contributed by atoms with E-state index in [2.05, 4.69) is 27.1 Å². The molecule has 0 unspecified atom stereocenters. The van der Waals surface area contributed by atoms with Gasteiger partial charge in [0, 0.05) is 17.9 Å².